The van der Waals surface area contributed by atoms with Gasteiger partial charge in [0, 0.05) is 18.7 Å². The molecule has 0 fully saturated rings. The lowest BCUT2D eigenvalue weighted by molar-refractivity contribution is 0.497. The van der Waals surface area contributed by atoms with Gasteiger partial charge in [-0.2, -0.15) is 0 Å². The van der Waals surface area contributed by atoms with Crippen molar-refractivity contribution in [2.75, 3.05) is 5.32 Å². The average Bonchev–Trinajstić information content (AvgIpc) is 2.36. The molecule has 0 amide bonds. The van der Waals surface area contributed by atoms with Crippen LogP contribution in [-0.4, -0.2) is 0 Å². The van der Waals surface area contributed by atoms with Crippen LogP contribution in [0.3, 0.4) is 0 Å². The molecule has 2 rings (SSSR count). The van der Waals surface area contributed by atoms with Gasteiger partial charge in [0.25, 0.3) is 0 Å². The number of hydrogen-bond acceptors (Lipinski definition) is 1. The second kappa shape index (κ2) is 5.34. The SMILES string of the molecule is Cc1cccc(CNc2cc(F)cc(F)c2F)c1C. The molecule has 0 saturated carbocycles. The fourth-order valence-electron chi connectivity index (χ4n) is 1.88. The summed E-state index contributed by atoms with van der Waals surface area (Å²) in [5.74, 6) is -3.06. The van der Waals surface area contributed by atoms with Crippen molar-refractivity contribution in [3.05, 3.63) is 64.5 Å². The van der Waals surface area contributed by atoms with Crippen LogP contribution in [0, 0.1) is 31.3 Å². The first-order valence-corrected chi connectivity index (χ1v) is 5.92. The van der Waals surface area contributed by atoms with Gasteiger partial charge >= 0.3 is 0 Å². The molecule has 0 bridgehead atoms. The fraction of sp³-hybridized carbons (Fsp3) is 0.200. The molecule has 2 aromatic rings. The summed E-state index contributed by atoms with van der Waals surface area (Å²) < 4.78 is 39.5. The highest BCUT2D eigenvalue weighted by Crippen LogP contribution is 2.21. The Morgan fingerprint density at radius 3 is 2.53 bits per heavy atom. The van der Waals surface area contributed by atoms with E-state index >= 15 is 0 Å². The molecule has 100 valence electrons. The van der Waals surface area contributed by atoms with Gasteiger partial charge in [-0.1, -0.05) is 18.2 Å². The van der Waals surface area contributed by atoms with Gasteiger partial charge in [0.05, 0.1) is 5.69 Å². The van der Waals surface area contributed by atoms with Crippen LogP contribution >= 0.6 is 0 Å². The maximum absolute atomic E-state index is 13.5. The van der Waals surface area contributed by atoms with E-state index in [-0.39, 0.29) is 5.69 Å². The van der Waals surface area contributed by atoms with Crippen LogP contribution in [0.1, 0.15) is 16.7 Å². The third-order valence-electron chi connectivity index (χ3n) is 3.18. The quantitative estimate of drug-likeness (QED) is 0.814. The Morgan fingerprint density at radius 2 is 1.79 bits per heavy atom. The van der Waals surface area contributed by atoms with Crippen molar-refractivity contribution in [2.24, 2.45) is 0 Å². The van der Waals surface area contributed by atoms with Gasteiger partial charge in [-0.3, -0.25) is 0 Å². The maximum atomic E-state index is 13.5. The Hall–Kier alpha value is -1.97. The molecule has 0 radical (unpaired) electrons. The van der Waals surface area contributed by atoms with E-state index in [4.69, 9.17) is 0 Å². The smallest absolute Gasteiger partial charge is 0.182 e. The summed E-state index contributed by atoms with van der Waals surface area (Å²) in [7, 11) is 0. The highest BCUT2D eigenvalue weighted by Gasteiger charge is 2.11. The highest BCUT2D eigenvalue weighted by atomic mass is 19.2. The van der Waals surface area contributed by atoms with E-state index < -0.39 is 17.5 Å². The van der Waals surface area contributed by atoms with Crippen molar-refractivity contribution < 1.29 is 13.2 Å². The van der Waals surface area contributed by atoms with Gasteiger partial charge in [0.15, 0.2) is 11.6 Å². The third-order valence-corrected chi connectivity index (χ3v) is 3.18. The van der Waals surface area contributed by atoms with Crippen LogP contribution in [0.2, 0.25) is 0 Å². The van der Waals surface area contributed by atoms with E-state index in [0.29, 0.717) is 12.6 Å². The third kappa shape index (κ3) is 2.89. The molecule has 0 saturated heterocycles. The van der Waals surface area contributed by atoms with E-state index in [1.807, 2.05) is 32.0 Å². The van der Waals surface area contributed by atoms with E-state index in [1.54, 1.807) is 0 Å². The fourth-order valence-corrected chi connectivity index (χ4v) is 1.88. The van der Waals surface area contributed by atoms with Crippen LogP contribution in [-0.2, 0) is 6.54 Å². The number of halogens is 3. The van der Waals surface area contributed by atoms with Gasteiger partial charge in [0.2, 0.25) is 0 Å². The Labute approximate surface area is 110 Å². The van der Waals surface area contributed by atoms with Crippen molar-refractivity contribution in [1.82, 2.24) is 0 Å². The predicted octanol–water partition coefficient (Wildman–Crippen LogP) is 4.33. The number of nitrogens with one attached hydrogen (secondary N) is 1. The predicted molar refractivity (Wildman–Crippen MR) is 69.6 cm³/mol. The maximum Gasteiger partial charge on any atom is 0.182 e. The second-order valence-corrected chi connectivity index (χ2v) is 4.46. The average molecular weight is 265 g/mol. The molecule has 1 nitrogen and oxygen atoms in total. The minimum Gasteiger partial charge on any atom is -0.378 e. The van der Waals surface area contributed by atoms with Gasteiger partial charge < -0.3 is 5.32 Å². The number of aryl methyl sites for hydroxylation is 1. The molecule has 0 spiro atoms. The molecule has 2 aromatic carbocycles. The first-order chi connectivity index (χ1) is 8.99. The van der Waals surface area contributed by atoms with E-state index in [9.17, 15) is 13.2 Å². The van der Waals surface area contributed by atoms with Crippen LogP contribution in [0.25, 0.3) is 0 Å². The molecule has 0 aromatic heterocycles. The Balaban J connectivity index is 2.21. The van der Waals surface area contributed by atoms with Gasteiger partial charge in [0.1, 0.15) is 5.82 Å². The zero-order valence-electron chi connectivity index (χ0n) is 10.7. The van der Waals surface area contributed by atoms with Crippen LogP contribution < -0.4 is 5.32 Å². The number of benzene rings is 2. The Morgan fingerprint density at radius 1 is 1.05 bits per heavy atom. The first-order valence-electron chi connectivity index (χ1n) is 5.92. The van der Waals surface area contributed by atoms with Gasteiger partial charge in [-0.05, 0) is 30.5 Å². The molecule has 0 atom stereocenters. The van der Waals surface area contributed by atoms with Gasteiger partial charge in [-0.25, -0.2) is 13.2 Å². The lowest BCUT2D eigenvalue weighted by Crippen LogP contribution is -2.05. The molecule has 0 heterocycles. The summed E-state index contributed by atoms with van der Waals surface area (Å²) in [6, 6.07) is 7.23. The zero-order chi connectivity index (χ0) is 14.0. The number of anilines is 1. The van der Waals surface area contributed by atoms with E-state index in [0.717, 1.165) is 22.8 Å². The van der Waals surface area contributed by atoms with Crippen molar-refractivity contribution in [3.63, 3.8) is 0 Å². The normalized spacial score (nSPS) is 10.6. The molecule has 0 unspecified atom stereocenters. The van der Waals surface area contributed by atoms with Crippen molar-refractivity contribution >= 4 is 5.69 Å². The van der Waals surface area contributed by atoms with Crippen LogP contribution in [0.5, 0.6) is 0 Å². The van der Waals surface area contributed by atoms with Crippen molar-refractivity contribution in [1.29, 1.82) is 0 Å². The molecule has 4 heteroatoms. The summed E-state index contributed by atoms with van der Waals surface area (Å²) in [6.07, 6.45) is 0. The molecule has 19 heavy (non-hydrogen) atoms. The molecule has 1 N–H and O–H groups in total. The molecular weight excluding hydrogens is 251 g/mol. The van der Waals surface area contributed by atoms with E-state index in [2.05, 4.69) is 5.32 Å². The lowest BCUT2D eigenvalue weighted by Gasteiger charge is -2.12. The second-order valence-electron chi connectivity index (χ2n) is 4.46. The largest absolute Gasteiger partial charge is 0.378 e. The monoisotopic (exact) mass is 265 g/mol. The number of hydrogen-bond donors (Lipinski definition) is 1. The van der Waals surface area contributed by atoms with Crippen LogP contribution in [0.4, 0.5) is 18.9 Å². The van der Waals surface area contributed by atoms with Gasteiger partial charge in [-0.15, -0.1) is 0 Å². The topological polar surface area (TPSA) is 12.0 Å². The zero-order valence-corrected chi connectivity index (χ0v) is 10.7. The lowest BCUT2D eigenvalue weighted by atomic mass is 10.0. The standard InChI is InChI=1S/C15H14F3N/c1-9-4-3-5-11(10(9)2)8-19-14-7-12(16)6-13(17)15(14)18/h3-7,19H,8H2,1-2H3. The molecule has 0 aliphatic rings. The summed E-state index contributed by atoms with van der Waals surface area (Å²) >= 11 is 0. The first kappa shape index (κ1) is 13.5. The number of rotatable bonds is 3. The summed E-state index contributed by atoms with van der Waals surface area (Å²) in [5, 5.41) is 2.72. The summed E-state index contributed by atoms with van der Waals surface area (Å²) in [4.78, 5) is 0. The highest BCUT2D eigenvalue weighted by molar-refractivity contribution is 5.47. The summed E-state index contributed by atoms with van der Waals surface area (Å²) in [6.45, 7) is 4.24. The molecule has 0 aliphatic heterocycles. The minimum absolute atomic E-state index is 0.168. The van der Waals surface area contributed by atoms with E-state index in [1.165, 1.54) is 0 Å². The molecule has 0 aliphatic carbocycles. The van der Waals surface area contributed by atoms with Crippen molar-refractivity contribution in [2.45, 2.75) is 20.4 Å². The minimum atomic E-state index is -1.19. The summed E-state index contributed by atoms with van der Waals surface area (Å²) in [5.41, 5.74) is 2.99. The Bertz CT molecular complexity index is 609. The van der Waals surface area contributed by atoms with Crippen molar-refractivity contribution in [3.8, 4) is 0 Å². The molecular formula is C15H14F3N. The van der Waals surface area contributed by atoms with Crippen LogP contribution in [0.15, 0.2) is 30.3 Å². The Kier molecular flexibility index (Phi) is 3.79.